The number of aliphatic hydroxyl groups is 5. The van der Waals surface area contributed by atoms with E-state index in [1.807, 2.05) is 0 Å². The molecule has 6 atom stereocenters. The third kappa shape index (κ3) is 2.41. The van der Waals surface area contributed by atoms with E-state index < -0.39 is 48.6 Å². The van der Waals surface area contributed by atoms with Crippen molar-refractivity contribution in [1.29, 1.82) is 0 Å². The molecule has 0 spiro atoms. The molecule has 8 heteroatoms. The highest BCUT2D eigenvalue weighted by atomic mass is 16.6. The lowest BCUT2D eigenvalue weighted by Gasteiger charge is -2.44. The Bertz CT molecular complexity index is 293. The van der Waals surface area contributed by atoms with Gasteiger partial charge in [0.1, 0.15) is 30.5 Å². The Morgan fingerprint density at radius 1 is 1.29 bits per heavy atom. The predicted molar refractivity (Wildman–Crippen MR) is 53.6 cm³/mol. The summed E-state index contributed by atoms with van der Waals surface area (Å²) < 4.78 is 5.00. The molecule has 1 aliphatic rings. The first-order valence-corrected chi connectivity index (χ1v) is 5.06. The minimum absolute atomic E-state index is 0.643. The van der Waals surface area contributed by atoms with Crippen LogP contribution in [-0.4, -0.2) is 74.2 Å². The summed E-state index contributed by atoms with van der Waals surface area (Å²) in [6, 6.07) is 0. The number of hydrogen-bond acceptors (Lipinski definition) is 7. The summed E-state index contributed by atoms with van der Waals surface area (Å²) in [5.41, 5.74) is 2.72. The largest absolute Gasteiger partial charge is 0.394 e. The van der Waals surface area contributed by atoms with E-state index in [9.17, 15) is 25.2 Å². The molecule has 0 aromatic rings. The molecule has 17 heavy (non-hydrogen) atoms. The SMILES string of the molecule is CC(O)(C(N)=O)C1O[C@H](CO)[C@@H](O)[C@H](O)[C@H]1O. The van der Waals surface area contributed by atoms with E-state index in [-0.39, 0.29) is 0 Å². The molecule has 1 aliphatic heterocycles. The first-order chi connectivity index (χ1) is 7.73. The van der Waals surface area contributed by atoms with Crippen LogP contribution in [0.3, 0.4) is 0 Å². The second kappa shape index (κ2) is 4.84. The first kappa shape index (κ1) is 14.3. The van der Waals surface area contributed by atoms with Crippen molar-refractivity contribution >= 4 is 5.91 Å². The Kier molecular flexibility index (Phi) is 4.07. The molecule has 0 aromatic carbocycles. The van der Waals surface area contributed by atoms with E-state index >= 15 is 0 Å². The van der Waals surface area contributed by atoms with Gasteiger partial charge in [0.25, 0.3) is 5.91 Å². The van der Waals surface area contributed by atoms with Gasteiger partial charge in [0, 0.05) is 0 Å². The minimum atomic E-state index is -2.23. The zero-order chi connectivity index (χ0) is 13.4. The molecule has 1 amide bonds. The van der Waals surface area contributed by atoms with E-state index in [0.29, 0.717) is 0 Å². The maximum absolute atomic E-state index is 11.0. The van der Waals surface area contributed by atoms with Crippen LogP contribution < -0.4 is 5.73 Å². The average Bonchev–Trinajstić information content (AvgIpc) is 2.26. The topological polar surface area (TPSA) is 153 Å². The molecule has 2 unspecified atom stereocenters. The molecule has 0 saturated carbocycles. The molecule has 7 N–H and O–H groups in total. The smallest absolute Gasteiger partial charge is 0.251 e. The lowest BCUT2D eigenvalue weighted by atomic mass is 9.85. The summed E-state index contributed by atoms with van der Waals surface area (Å²) in [7, 11) is 0. The zero-order valence-corrected chi connectivity index (χ0v) is 9.22. The zero-order valence-electron chi connectivity index (χ0n) is 9.22. The van der Waals surface area contributed by atoms with Gasteiger partial charge < -0.3 is 36.0 Å². The quantitative estimate of drug-likeness (QED) is 0.299. The summed E-state index contributed by atoms with van der Waals surface area (Å²) in [5.74, 6) is -1.15. The molecule has 1 saturated heterocycles. The number of carbonyl (C=O) groups is 1. The molecule has 8 nitrogen and oxygen atoms in total. The van der Waals surface area contributed by atoms with Crippen LogP contribution in [0.1, 0.15) is 6.92 Å². The van der Waals surface area contributed by atoms with Crippen molar-refractivity contribution < 1.29 is 35.1 Å². The molecule has 1 rings (SSSR count). The second-order valence-electron chi connectivity index (χ2n) is 4.26. The molecular weight excluding hydrogens is 234 g/mol. The van der Waals surface area contributed by atoms with Crippen LogP contribution in [0.15, 0.2) is 0 Å². The van der Waals surface area contributed by atoms with Gasteiger partial charge in [-0.1, -0.05) is 0 Å². The van der Waals surface area contributed by atoms with Gasteiger partial charge in [0.2, 0.25) is 0 Å². The summed E-state index contributed by atoms with van der Waals surface area (Å²) in [4.78, 5) is 11.0. The third-order valence-corrected chi connectivity index (χ3v) is 2.95. The van der Waals surface area contributed by atoms with Gasteiger partial charge in [0.05, 0.1) is 6.61 Å². The van der Waals surface area contributed by atoms with Crippen molar-refractivity contribution in [3.63, 3.8) is 0 Å². The number of amides is 1. The molecule has 100 valence electrons. The average molecular weight is 251 g/mol. The number of carbonyl (C=O) groups excluding carboxylic acids is 1. The number of nitrogens with two attached hydrogens (primary N) is 1. The fourth-order valence-electron chi connectivity index (χ4n) is 1.71. The van der Waals surface area contributed by atoms with Crippen molar-refractivity contribution in [3.05, 3.63) is 0 Å². The third-order valence-electron chi connectivity index (χ3n) is 2.95. The molecule has 1 fully saturated rings. The van der Waals surface area contributed by atoms with Gasteiger partial charge in [-0.05, 0) is 6.92 Å². The predicted octanol–water partition coefficient (Wildman–Crippen LogP) is -3.93. The highest BCUT2D eigenvalue weighted by molar-refractivity contribution is 5.83. The van der Waals surface area contributed by atoms with Crippen molar-refractivity contribution in [2.45, 2.75) is 43.0 Å². The summed E-state index contributed by atoms with van der Waals surface area (Å²) >= 11 is 0. The Balaban J connectivity index is 2.97. The van der Waals surface area contributed by atoms with Crippen LogP contribution >= 0.6 is 0 Å². The summed E-state index contributed by atoms with van der Waals surface area (Å²) in [5, 5.41) is 47.2. The van der Waals surface area contributed by atoms with Gasteiger partial charge in [-0.2, -0.15) is 0 Å². The van der Waals surface area contributed by atoms with Gasteiger partial charge >= 0.3 is 0 Å². The number of rotatable bonds is 3. The number of aliphatic hydroxyl groups excluding tert-OH is 4. The summed E-state index contributed by atoms with van der Waals surface area (Å²) in [6.45, 7) is 0.373. The van der Waals surface area contributed by atoms with E-state index in [1.54, 1.807) is 0 Å². The van der Waals surface area contributed by atoms with Gasteiger partial charge in [-0.15, -0.1) is 0 Å². The van der Waals surface area contributed by atoms with Crippen molar-refractivity contribution in [3.8, 4) is 0 Å². The second-order valence-corrected chi connectivity index (χ2v) is 4.26. The van der Waals surface area contributed by atoms with E-state index in [2.05, 4.69) is 0 Å². The standard InChI is InChI=1S/C9H17NO7/c1-9(16,8(10)15)7-6(14)5(13)4(12)3(2-11)17-7/h3-7,11-14,16H,2H2,1H3,(H2,10,15)/t3-,4-,5+,6-,7?,9?/m1/s1. The van der Waals surface area contributed by atoms with E-state index in [1.165, 1.54) is 0 Å². The molecule has 0 bridgehead atoms. The summed E-state index contributed by atoms with van der Waals surface area (Å²) in [6.07, 6.45) is -7.62. The lowest BCUT2D eigenvalue weighted by Crippen LogP contribution is -2.67. The van der Waals surface area contributed by atoms with Crippen LogP contribution in [0.4, 0.5) is 0 Å². The molecule has 1 heterocycles. The fourth-order valence-corrected chi connectivity index (χ4v) is 1.71. The molecular formula is C9H17NO7. The van der Waals surface area contributed by atoms with Crippen molar-refractivity contribution in [2.75, 3.05) is 6.61 Å². The Labute approximate surface area is 97.2 Å². The highest BCUT2D eigenvalue weighted by Gasteiger charge is 2.52. The van der Waals surface area contributed by atoms with Crippen LogP contribution in [0.2, 0.25) is 0 Å². The van der Waals surface area contributed by atoms with Crippen molar-refractivity contribution in [2.24, 2.45) is 5.73 Å². The number of ether oxygens (including phenoxy) is 1. The Hall–Kier alpha value is -0.770. The van der Waals surface area contributed by atoms with E-state index in [0.717, 1.165) is 6.92 Å². The van der Waals surface area contributed by atoms with Gasteiger partial charge in [-0.25, -0.2) is 0 Å². The van der Waals surface area contributed by atoms with Gasteiger partial charge in [0.15, 0.2) is 5.60 Å². The fraction of sp³-hybridized carbons (Fsp3) is 0.889. The highest BCUT2D eigenvalue weighted by Crippen LogP contribution is 2.28. The molecule has 0 aromatic heterocycles. The van der Waals surface area contributed by atoms with Crippen LogP contribution in [0.25, 0.3) is 0 Å². The van der Waals surface area contributed by atoms with Crippen LogP contribution in [0.5, 0.6) is 0 Å². The number of hydrogen-bond donors (Lipinski definition) is 6. The lowest BCUT2D eigenvalue weighted by molar-refractivity contribution is -0.262. The molecule has 0 radical (unpaired) electrons. The minimum Gasteiger partial charge on any atom is -0.394 e. The van der Waals surface area contributed by atoms with Crippen LogP contribution in [0, 0.1) is 0 Å². The number of primary amides is 1. The first-order valence-electron chi connectivity index (χ1n) is 5.06. The Morgan fingerprint density at radius 2 is 1.82 bits per heavy atom. The Morgan fingerprint density at radius 3 is 2.24 bits per heavy atom. The van der Waals surface area contributed by atoms with E-state index in [4.69, 9.17) is 15.6 Å². The van der Waals surface area contributed by atoms with Crippen molar-refractivity contribution in [1.82, 2.24) is 0 Å². The molecule has 0 aliphatic carbocycles. The van der Waals surface area contributed by atoms with Crippen LogP contribution in [-0.2, 0) is 9.53 Å². The monoisotopic (exact) mass is 251 g/mol. The maximum Gasteiger partial charge on any atom is 0.251 e. The normalized spacial score (nSPS) is 41.9. The van der Waals surface area contributed by atoms with Gasteiger partial charge in [-0.3, -0.25) is 4.79 Å². The maximum atomic E-state index is 11.0.